The lowest BCUT2D eigenvalue weighted by atomic mass is 10.1. The van der Waals surface area contributed by atoms with E-state index in [1.54, 1.807) is 19.1 Å². The molecule has 0 fully saturated rings. The van der Waals surface area contributed by atoms with Crippen molar-refractivity contribution in [2.45, 2.75) is 20.3 Å². The minimum absolute atomic E-state index is 0.107. The van der Waals surface area contributed by atoms with Gasteiger partial charge in [0.2, 0.25) is 0 Å². The van der Waals surface area contributed by atoms with E-state index < -0.39 is 0 Å². The maximum absolute atomic E-state index is 13.2. The third-order valence-corrected chi connectivity index (χ3v) is 2.67. The molecule has 0 heterocycles. The molecule has 1 aromatic carbocycles. The first-order valence-corrected chi connectivity index (χ1v) is 5.69. The van der Waals surface area contributed by atoms with Crippen molar-refractivity contribution < 1.29 is 14.3 Å². The van der Waals surface area contributed by atoms with Crippen molar-refractivity contribution in [3.8, 4) is 0 Å². The van der Waals surface area contributed by atoms with Gasteiger partial charge in [0.1, 0.15) is 5.82 Å². The molecule has 3 nitrogen and oxygen atoms in total. The van der Waals surface area contributed by atoms with Crippen LogP contribution in [0.25, 0.3) is 0 Å². The Hall–Kier alpha value is -1.42. The molecule has 4 heteroatoms. The van der Waals surface area contributed by atoms with Crippen molar-refractivity contribution in [2.75, 3.05) is 13.2 Å². The van der Waals surface area contributed by atoms with Gasteiger partial charge in [0.25, 0.3) is 5.91 Å². The first-order chi connectivity index (χ1) is 8.04. The van der Waals surface area contributed by atoms with Gasteiger partial charge in [0.05, 0.1) is 0 Å². The lowest BCUT2D eigenvalue weighted by molar-refractivity contribution is 0.0945. The summed E-state index contributed by atoms with van der Waals surface area (Å²) in [4.78, 5) is 11.7. The van der Waals surface area contributed by atoms with Crippen molar-refractivity contribution in [3.05, 3.63) is 35.1 Å². The zero-order valence-electron chi connectivity index (χ0n) is 10.2. The first-order valence-electron chi connectivity index (χ1n) is 5.69. The number of carbonyl (C=O) groups is 1. The maximum Gasteiger partial charge on any atom is 0.251 e. The molecule has 0 aliphatic heterocycles. The lowest BCUT2D eigenvalue weighted by Crippen LogP contribution is -2.28. The number of benzene rings is 1. The fourth-order valence-electron chi connectivity index (χ4n) is 1.43. The molecular formula is C13H18FNO2. The normalized spacial score (nSPS) is 12.2. The topological polar surface area (TPSA) is 49.3 Å². The molecule has 1 aromatic rings. The predicted molar refractivity (Wildman–Crippen MR) is 64.3 cm³/mol. The Kier molecular flexibility index (Phi) is 5.10. The highest BCUT2D eigenvalue weighted by Gasteiger charge is 2.09. The average Bonchev–Trinajstić information content (AvgIpc) is 2.30. The second-order valence-corrected chi connectivity index (χ2v) is 4.29. The molecule has 2 N–H and O–H groups in total. The van der Waals surface area contributed by atoms with Crippen LogP contribution in [0.15, 0.2) is 18.2 Å². The molecule has 0 bridgehead atoms. The zero-order chi connectivity index (χ0) is 12.8. The van der Waals surface area contributed by atoms with Crippen LogP contribution >= 0.6 is 0 Å². The van der Waals surface area contributed by atoms with Crippen LogP contribution in [-0.4, -0.2) is 24.2 Å². The highest BCUT2D eigenvalue weighted by molar-refractivity contribution is 5.94. The number of aliphatic hydroxyl groups excluding tert-OH is 1. The van der Waals surface area contributed by atoms with Crippen LogP contribution in [0.3, 0.4) is 0 Å². The Balaban J connectivity index is 2.55. The number of aryl methyl sites for hydroxylation is 1. The van der Waals surface area contributed by atoms with Gasteiger partial charge in [0.15, 0.2) is 0 Å². The molecule has 0 spiro atoms. The summed E-state index contributed by atoms with van der Waals surface area (Å²) < 4.78 is 13.2. The standard InChI is InChI=1S/C13H18FNO2/c1-9(5-6-16)8-15-13(17)11-4-3-10(2)12(14)7-11/h3-4,7,9,16H,5-6,8H2,1-2H3,(H,15,17). The number of rotatable bonds is 5. The first kappa shape index (κ1) is 13.6. The van der Waals surface area contributed by atoms with Gasteiger partial charge in [-0.25, -0.2) is 4.39 Å². The molecule has 1 rings (SSSR count). The van der Waals surface area contributed by atoms with Gasteiger partial charge in [-0.1, -0.05) is 13.0 Å². The Morgan fingerprint density at radius 3 is 2.82 bits per heavy atom. The van der Waals surface area contributed by atoms with E-state index in [9.17, 15) is 9.18 Å². The SMILES string of the molecule is Cc1ccc(C(=O)NCC(C)CCO)cc1F. The summed E-state index contributed by atoms with van der Waals surface area (Å²) in [7, 11) is 0. The Morgan fingerprint density at radius 2 is 2.24 bits per heavy atom. The van der Waals surface area contributed by atoms with Crippen LogP contribution in [0.2, 0.25) is 0 Å². The molecule has 1 atom stereocenters. The molecule has 17 heavy (non-hydrogen) atoms. The van der Waals surface area contributed by atoms with Crippen LogP contribution < -0.4 is 5.32 Å². The highest BCUT2D eigenvalue weighted by atomic mass is 19.1. The predicted octanol–water partition coefficient (Wildman–Crippen LogP) is 1.88. The van der Waals surface area contributed by atoms with Crippen molar-refractivity contribution >= 4 is 5.91 Å². The summed E-state index contributed by atoms with van der Waals surface area (Å²) in [6.45, 7) is 4.18. The van der Waals surface area contributed by atoms with E-state index in [4.69, 9.17) is 5.11 Å². The number of hydrogen-bond donors (Lipinski definition) is 2. The average molecular weight is 239 g/mol. The summed E-state index contributed by atoms with van der Waals surface area (Å²) in [5.74, 6) is -0.450. The van der Waals surface area contributed by atoms with E-state index in [1.165, 1.54) is 6.07 Å². The van der Waals surface area contributed by atoms with Gasteiger partial charge in [-0.15, -0.1) is 0 Å². The van der Waals surface area contributed by atoms with E-state index in [2.05, 4.69) is 5.32 Å². The van der Waals surface area contributed by atoms with E-state index in [-0.39, 0.29) is 24.2 Å². The van der Waals surface area contributed by atoms with Gasteiger partial charge in [0, 0.05) is 18.7 Å². The fraction of sp³-hybridized carbons (Fsp3) is 0.462. The molecule has 0 saturated heterocycles. The van der Waals surface area contributed by atoms with Crippen LogP contribution in [0.4, 0.5) is 4.39 Å². The second kappa shape index (κ2) is 6.35. The Bertz CT molecular complexity index is 393. The molecular weight excluding hydrogens is 221 g/mol. The monoisotopic (exact) mass is 239 g/mol. The number of carbonyl (C=O) groups excluding carboxylic acids is 1. The van der Waals surface area contributed by atoms with Crippen LogP contribution in [0.1, 0.15) is 29.3 Å². The van der Waals surface area contributed by atoms with E-state index in [1.807, 2.05) is 6.92 Å². The van der Waals surface area contributed by atoms with E-state index in [0.29, 0.717) is 24.1 Å². The number of nitrogens with one attached hydrogen (secondary N) is 1. The number of aliphatic hydroxyl groups is 1. The molecule has 0 radical (unpaired) electrons. The largest absolute Gasteiger partial charge is 0.396 e. The van der Waals surface area contributed by atoms with Crippen molar-refractivity contribution in [1.82, 2.24) is 5.32 Å². The van der Waals surface area contributed by atoms with Crippen LogP contribution in [0, 0.1) is 18.7 Å². The lowest BCUT2D eigenvalue weighted by Gasteiger charge is -2.11. The third-order valence-electron chi connectivity index (χ3n) is 2.67. The maximum atomic E-state index is 13.2. The Morgan fingerprint density at radius 1 is 1.53 bits per heavy atom. The van der Waals surface area contributed by atoms with Crippen molar-refractivity contribution in [3.63, 3.8) is 0 Å². The number of amides is 1. The minimum Gasteiger partial charge on any atom is -0.396 e. The van der Waals surface area contributed by atoms with Crippen molar-refractivity contribution in [2.24, 2.45) is 5.92 Å². The fourth-order valence-corrected chi connectivity index (χ4v) is 1.43. The molecule has 1 amide bonds. The molecule has 0 saturated carbocycles. The van der Waals surface area contributed by atoms with Crippen LogP contribution in [0.5, 0.6) is 0 Å². The van der Waals surface area contributed by atoms with Gasteiger partial charge in [-0.3, -0.25) is 4.79 Å². The molecule has 94 valence electrons. The summed E-state index contributed by atoms with van der Waals surface area (Å²) >= 11 is 0. The van der Waals surface area contributed by atoms with E-state index in [0.717, 1.165) is 0 Å². The summed E-state index contributed by atoms with van der Waals surface area (Å²) in [6.07, 6.45) is 0.641. The van der Waals surface area contributed by atoms with Gasteiger partial charge >= 0.3 is 0 Å². The smallest absolute Gasteiger partial charge is 0.251 e. The zero-order valence-corrected chi connectivity index (χ0v) is 10.2. The molecule has 0 aliphatic carbocycles. The molecule has 1 unspecified atom stereocenters. The highest BCUT2D eigenvalue weighted by Crippen LogP contribution is 2.09. The Labute approximate surface area is 101 Å². The summed E-state index contributed by atoms with van der Waals surface area (Å²) in [5.41, 5.74) is 0.847. The summed E-state index contributed by atoms with van der Waals surface area (Å²) in [6, 6.07) is 4.42. The third kappa shape index (κ3) is 4.15. The summed E-state index contributed by atoms with van der Waals surface area (Å²) in [5, 5.41) is 11.4. The number of halogens is 1. The molecule has 0 aromatic heterocycles. The quantitative estimate of drug-likeness (QED) is 0.824. The van der Waals surface area contributed by atoms with Gasteiger partial charge in [-0.05, 0) is 37.0 Å². The van der Waals surface area contributed by atoms with Gasteiger partial charge < -0.3 is 10.4 Å². The minimum atomic E-state index is -0.374. The van der Waals surface area contributed by atoms with Crippen molar-refractivity contribution in [1.29, 1.82) is 0 Å². The number of hydrogen-bond acceptors (Lipinski definition) is 2. The van der Waals surface area contributed by atoms with E-state index >= 15 is 0 Å². The van der Waals surface area contributed by atoms with Crippen LogP contribution in [-0.2, 0) is 0 Å². The second-order valence-electron chi connectivity index (χ2n) is 4.29. The molecule has 0 aliphatic rings. The van der Waals surface area contributed by atoms with Gasteiger partial charge in [-0.2, -0.15) is 0 Å².